The average Bonchev–Trinajstić information content (AvgIpc) is 2.45. The number of nitrogen functional groups attached to an aromatic ring is 1. The highest BCUT2D eigenvalue weighted by atomic mass is 35.5. The van der Waals surface area contributed by atoms with Crippen LogP contribution in [0.5, 0.6) is 5.75 Å². The maximum Gasteiger partial charge on any atom is 0.275 e. The molecule has 0 amide bonds. The van der Waals surface area contributed by atoms with Gasteiger partial charge in [0.05, 0.1) is 16.7 Å². The second kappa shape index (κ2) is 6.23. The zero-order chi connectivity index (χ0) is 15.4. The predicted octanol–water partition coefficient (Wildman–Crippen LogP) is 3.63. The molecule has 108 valence electrons. The number of rotatable bonds is 4. The van der Waals surface area contributed by atoms with Crippen LogP contribution in [0.4, 0.5) is 11.4 Å². The monoisotopic (exact) mass is 305 g/mol. The zero-order valence-corrected chi connectivity index (χ0v) is 11.9. The van der Waals surface area contributed by atoms with Crippen LogP contribution in [0.2, 0.25) is 5.02 Å². The summed E-state index contributed by atoms with van der Waals surface area (Å²) in [6.45, 7) is 1.75. The van der Waals surface area contributed by atoms with Crippen LogP contribution in [-0.4, -0.2) is 10.6 Å². The summed E-state index contributed by atoms with van der Waals surface area (Å²) < 4.78 is 0. The molecule has 7 heteroatoms. The fourth-order valence-corrected chi connectivity index (χ4v) is 1.75. The topological polar surface area (TPSA) is 90.8 Å². The second-order valence-corrected chi connectivity index (χ2v) is 4.73. The van der Waals surface area contributed by atoms with E-state index in [0.29, 0.717) is 10.7 Å². The summed E-state index contributed by atoms with van der Waals surface area (Å²) in [6.07, 6.45) is 0. The van der Waals surface area contributed by atoms with E-state index in [2.05, 4.69) is 5.16 Å². The molecule has 2 aromatic rings. The fourth-order valence-electron chi connectivity index (χ4n) is 1.63. The number of nitro groups is 1. The molecule has 0 spiro atoms. The van der Waals surface area contributed by atoms with Gasteiger partial charge in [-0.3, -0.25) is 10.1 Å². The van der Waals surface area contributed by atoms with Crippen LogP contribution < -0.4 is 10.6 Å². The van der Waals surface area contributed by atoms with Gasteiger partial charge in [0.15, 0.2) is 5.75 Å². The summed E-state index contributed by atoms with van der Waals surface area (Å²) in [5, 5.41) is 15.3. The van der Waals surface area contributed by atoms with Crippen LogP contribution in [-0.2, 0) is 0 Å². The van der Waals surface area contributed by atoms with Gasteiger partial charge in [-0.25, -0.2) is 0 Å². The van der Waals surface area contributed by atoms with Gasteiger partial charge in [-0.05, 0) is 24.6 Å². The number of oxime groups is 1. The third-order valence-corrected chi connectivity index (χ3v) is 2.93. The molecule has 2 aromatic carbocycles. The first-order valence-corrected chi connectivity index (χ1v) is 6.36. The molecule has 0 saturated carbocycles. The van der Waals surface area contributed by atoms with E-state index in [1.54, 1.807) is 31.2 Å². The van der Waals surface area contributed by atoms with Crippen LogP contribution in [0.25, 0.3) is 0 Å². The van der Waals surface area contributed by atoms with E-state index in [1.807, 2.05) is 0 Å². The molecule has 0 aromatic heterocycles. The lowest BCUT2D eigenvalue weighted by molar-refractivity contribution is -0.384. The highest BCUT2D eigenvalue weighted by Crippen LogP contribution is 2.24. The average molecular weight is 306 g/mol. The first-order valence-electron chi connectivity index (χ1n) is 5.98. The molecule has 0 aliphatic heterocycles. The van der Waals surface area contributed by atoms with Crippen molar-refractivity contribution in [1.82, 2.24) is 0 Å². The number of nitrogens with two attached hydrogens (primary N) is 1. The molecular weight excluding hydrogens is 294 g/mol. The summed E-state index contributed by atoms with van der Waals surface area (Å²) >= 11 is 5.80. The van der Waals surface area contributed by atoms with E-state index in [9.17, 15) is 10.1 Å². The van der Waals surface area contributed by atoms with E-state index in [0.717, 1.165) is 5.56 Å². The SMILES string of the molecule is CC(=NOc1cc(N)cc([N+](=O)[O-])c1)c1ccc(Cl)cc1. The number of nitro benzene ring substituents is 1. The van der Waals surface area contributed by atoms with Crippen molar-refractivity contribution in [2.75, 3.05) is 5.73 Å². The van der Waals surface area contributed by atoms with Gasteiger partial charge in [-0.2, -0.15) is 0 Å². The van der Waals surface area contributed by atoms with Crippen molar-refractivity contribution >= 4 is 28.7 Å². The molecule has 0 fully saturated rings. The maximum atomic E-state index is 10.7. The fraction of sp³-hybridized carbons (Fsp3) is 0.0714. The minimum atomic E-state index is -0.543. The Hall–Kier alpha value is -2.60. The largest absolute Gasteiger partial charge is 0.398 e. The van der Waals surface area contributed by atoms with E-state index >= 15 is 0 Å². The Kier molecular flexibility index (Phi) is 4.39. The van der Waals surface area contributed by atoms with Crippen molar-refractivity contribution in [3.05, 3.63) is 63.2 Å². The summed E-state index contributed by atoms with van der Waals surface area (Å²) in [5.74, 6) is 0.204. The first-order chi connectivity index (χ1) is 9.95. The van der Waals surface area contributed by atoms with Crippen molar-refractivity contribution < 1.29 is 9.76 Å². The van der Waals surface area contributed by atoms with Gasteiger partial charge in [0.2, 0.25) is 0 Å². The summed E-state index contributed by atoms with van der Waals surface area (Å²) in [5.41, 5.74) is 7.11. The Morgan fingerprint density at radius 2 is 1.95 bits per heavy atom. The number of anilines is 1. The molecule has 21 heavy (non-hydrogen) atoms. The lowest BCUT2D eigenvalue weighted by Crippen LogP contribution is -1.98. The quantitative estimate of drug-likeness (QED) is 0.404. The molecule has 0 bridgehead atoms. The third kappa shape index (κ3) is 3.93. The maximum absolute atomic E-state index is 10.7. The van der Waals surface area contributed by atoms with Gasteiger partial charge in [-0.15, -0.1) is 0 Å². The Bertz CT molecular complexity index is 699. The van der Waals surface area contributed by atoms with Gasteiger partial charge >= 0.3 is 0 Å². The van der Waals surface area contributed by atoms with Crippen molar-refractivity contribution in [3.8, 4) is 5.75 Å². The van der Waals surface area contributed by atoms with Gasteiger partial charge < -0.3 is 10.6 Å². The molecule has 0 heterocycles. The van der Waals surface area contributed by atoms with E-state index in [4.69, 9.17) is 22.2 Å². The Balaban J connectivity index is 2.20. The standard InChI is InChI=1S/C14H12ClN3O3/c1-9(10-2-4-11(15)5-3-10)17-21-14-7-12(16)6-13(8-14)18(19)20/h2-8H,16H2,1H3. The zero-order valence-electron chi connectivity index (χ0n) is 11.1. The van der Waals surface area contributed by atoms with Crippen LogP contribution >= 0.6 is 11.6 Å². The van der Waals surface area contributed by atoms with Crippen LogP contribution in [0.15, 0.2) is 47.6 Å². The Labute approximate surface area is 125 Å². The summed E-state index contributed by atoms with van der Waals surface area (Å²) in [7, 11) is 0. The van der Waals surface area contributed by atoms with Crippen LogP contribution in [0.3, 0.4) is 0 Å². The number of nitrogens with zero attached hydrogens (tertiary/aromatic N) is 2. The van der Waals surface area contributed by atoms with Crippen molar-refractivity contribution in [2.24, 2.45) is 5.16 Å². The smallest absolute Gasteiger partial charge is 0.275 e. The number of non-ortho nitro benzene ring substituents is 1. The van der Waals surface area contributed by atoms with Gasteiger partial charge in [0, 0.05) is 22.8 Å². The minimum absolute atomic E-state index is 0.149. The number of hydrogen-bond donors (Lipinski definition) is 1. The minimum Gasteiger partial charge on any atom is -0.398 e. The molecule has 0 radical (unpaired) electrons. The highest BCUT2D eigenvalue weighted by molar-refractivity contribution is 6.30. The van der Waals surface area contributed by atoms with Crippen molar-refractivity contribution in [2.45, 2.75) is 6.92 Å². The molecule has 0 unspecified atom stereocenters. The molecule has 6 nitrogen and oxygen atoms in total. The van der Waals surface area contributed by atoms with E-state index in [-0.39, 0.29) is 17.1 Å². The lowest BCUT2D eigenvalue weighted by Gasteiger charge is -2.03. The van der Waals surface area contributed by atoms with Gasteiger partial charge in [0.25, 0.3) is 5.69 Å². The summed E-state index contributed by atoms with van der Waals surface area (Å²) in [6, 6.07) is 11.0. The Morgan fingerprint density at radius 3 is 2.57 bits per heavy atom. The normalized spacial score (nSPS) is 11.2. The Morgan fingerprint density at radius 1 is 1.29 bits per heavy atom. The summed E-state index contributed by atoms with van der Waals surface area (Å²) in [4.78, 5) is 15.4. The number of benzene rings is 2. The molecule has 0 aliphatic carbocycles. The molecular formula is C14H12ClN3O3. The molecule has 0 atom stereocenters. The molecule has 0 aliphatic rings. The van der Waals surface area contributed by atoms with Crippen molar-refractivity contribution in [1.29, 1.82) is 0 Å². The predicted molar refractivity (Wildman–Crippen MR) is 81.8 cm³/mol. The first kappa shape index (κ1) is 14.8. The van der Waals surface area contributed by atoms with E-state index in [1.165, 1.54) is 18.2 Å². The lowest BCUT2D eigenvalue weighted by atomic mass is 10.1. The second-order valence-electron chi connectivity index (χ2n) is 4.29. The van der Waals surface area contributed by atoms with Crippen molar-refractivity contribution in [3.63, 3.8) is 0 Å². The molecule has 2 N–H and O–H groups in total. The third-order valence-electron chi connectivity index (χ3n) is 2.67. The van der Waals surface area contributed by atoms with Gasteiger partial charge in [0.1, 0.15) is 0 Å². The number of halogens is 1. The van der Waals surface area contributed by atoms with Crippen LogP contribution in [0.1, 0.15) is 12.5 Å². The van der Waals surface area contributed by atoms with E-state index < -0.39 is 4.92 Å². The van der Waals surface area contributed by atoms with Gasteiger partial charge in [-0.1, -0.05) is 28.9 Å². The molecule has 2 rings (SSSR count). The highest BCUT2D eigenvalue weighted by Gasteiger charge is 2.09. The molecule has 0 saturated heterocycles. The number of hydrogen-bond acceptors (Lipinski definition) is 5. The van der Waals surface area contributed by atoms with Crippen LogP contribution in [0, 0.1) is 10.1 Å².